The number of H-pyrrole nitrogens is 1. The number of nitrogens with one attached hydrogen (secondary N) is 1. The van der Waals surface area contributed by atoms with Crippen molar-refractivity contribution in [2.75, 3.05) is 13.1 Å². The van der Waals surface area contributed by atoms with Crippen molar-refractivity contribution in [3.63, 3.8) is 0 Å². The first-order valence-corrected chi connectivity index (χ1v) is 5.61. The molecule has 1 unspecified atom stereocenters. The molecule has 0 spiro atoms. The number of halogens is 1. The molecule has 0 aliphatic carbocycles. The molecule has 1 aliphatic rings. The van der Waals surface area contributed by atoms with E-state index in [9.17, 15) is 4.39 Å². The zero-order valence-electron chi connectivity index (χ0n) is 8.91. The van der Waals surface area contributed by atoms with E-state index in [0.717, 1.165) is 37.3 Å². The van der Waals surface area contributed by atoms with Crippen molar-refractivity contribution < 1.29 is 4.39 Å². The second-order valence-electron chi connectivity index (χ2n) is 4.25. The maximum atomic E-state index is 13.0. The van der Waals surface area contributed by atoms with Gasteiger partial charge in [-0.15, -0.1) is 0 Å². The van der Waals surface area contributed by atoms with Crippen molar-refractivity contribution in [1.82, 2.24) is 15.3 Å². The first-order chi connectivity index (χ1) is 7.83. The van der Waals surface area contributed by atoms with E-state index in [1.54, 1.807) is 6.07 Å². The maximum absolute atomic E-state index is 13.0. The van der Waals surface area contributed by atoms with Crippen LogP contribution in [0.4, 0.5) is 4.39 Å². The minimum atomic E-state index is -0.237. The smallest absolute Gasteiger partial charge is 0.125 e. The molecule has 2 heterocycles. The second kappa shape index (κ2) is 3.87. The van der Waals surface area contributed by atoms with E-state index in [2.05, 4.69) is 15.3 Å². The first-order valence-electron chi connectivity index (χ1n) is 5.61. The van der Waals surface area contributed by atoms with Gasteiger partial charge in [-0.2, -0.15) is 0 Å². The Labute approximate surface area is 93.1 Å². The van der Waals surface area contributed by atoms with E-state index in [-0.39, 0.29) is 5.82 Å². The summed E-state index contributed by atoms with van der Waals surface area (Å²) in [5, 5.41) is 4.39. The van der Waals surface area contributed by atoms with Crippen LogP contribution in [0, 0.1) is 5.82 Å². The molecule has 16 heavy (non-hydrogen) atoms. The molecule has 1 aromatic heterocycles. The lowest BCUT2D eigenvalue weighted by molar-refractivity contribution is 0.442. The highest BCUT2D eigenvalue weighted by Crippen LogP contribution is 2.24. The monoisotopic (exact) mass is 218 g/mol. The van der Waals surface area contributed by atoms with Crippen molar-refractivity contribution in [2.24, 2.45) is 0 Å². The van der Waals surface area contributed by atoms with Crippen LogP contribution in [0.1, 0.15) is 24.6 Å². The van der Waals surface area contributed by atoms with Crippen LogP contribution in [0.5, 0.6) is 0 Å². The van der Waals surface area contributed by atoms with Crippen molar-refractivity contribution in [3.05, 3.63) is 29.8 Å². The minimum Gasteiger partial charge on any atom is -0.342 e. The Kier molecular flexibility index (Phi) is 2.36. The Morgan fingerprint density at radius 2 is 2.31 bits per heavy atom. The number of piperidine rings is 1. The van der Waals surface area contributed by atoms with Crippen molar-refractivity contribution >= 4 is 11.0 Å². The van der Waals surface area contributed by atoms with Crippen LogP contribution in [-0.2, 0) is 0 Å². The number of benzene rings is 1. The summed E-state index contributed by atoms with van der Waals surface area (Å²) in [7, 11) is 0. The molecule has 0 saturated carbocycles. The number of imidazole rings is 1. The van der Waals surface area contributed by atoms with Gasteiger partial charge in [0.05, 0.1) is 11.0 Å². The summed E-state index contributed by atoms with van der Waals surface area (Å²) in [6.07, 6.45) is 2.24. The molecule has 2 aromatic rings. The third kappa shape index (κ3) is 1.69. The SMILES string of the molecule is Fc1ccc2[nH]c(C3CCC[N]C3)nc2c1. The maximum Gasteiger partial charge on any atom is 0.125 e. The summed E-state index contributed by atoms with van der Waals surface area (Å²) < 4.78 is 13.0. The molecule has 1 atom stereocenters. The van der Waals surface area contributed by atoms with Crippen LogP contribution in [0.3, 0.4) is 0 Å². The fraction of sp³-hybridized carbons (Fsp3) is 0.417. The third-order valence-corrected chi connectivity index (χ3v) is 3.07. The minimum absolute atomic E-state index is 0.237. The summed E-state index contributed by atoms with van der Waals surface area (Å²) in [6, 6.07) is 4.66. The van der Waals surface area contributed by atoms with Crippen LogP contribution in [0.25, 0.3) is 11.0 Å². The molecule has 1 aromatic carbocycles. The van der Waals surface area contributed by atoms with Gasteiger partial charge in [0.25, 0.3) is 0 Å². The Bertz CT molecular complexity index is 500. The Balaban J connectivity index is 1.97. The van der Waals surface area contributed by atoms with Gasteiger partial charge in [0.2, 0.25) is 0 Å². The summed E-state index contributed by atoms with van der Waals surface area (Å²) in [4.78, 5) is 7.70. The zero-order valence-corrected chi connectivity index (χ0v) is 8.91. The lowest BCUT2D eigenvalue weighted by Crippen LogP contribution is -2.23. The molecule has 1 saturated heterocycles. The molecular formula is C12H13FN3. The van der Waals surface area contributed by atoms with Gasteiger partial charge < -0.3 is 4.98 Å². The number of aromatic amines is 1. The Hall–Kier alpha value is -1.42. The van der Waals surface area contributed by atoms with Crippen LogP contribution >= 0.6 is 0 Å². The average molecular weight is 218 g/mol. The highest BCUT2D eigenvalue weighted by Gasteiger charge is 2.19. The normalized spacial score (nSPS) is 21.4. The fourth-order valence-electron chi connectivity index (χ4n) is 2.20. The molecule has 1 aliphatic heterocycles. The van der Waals surface area contributed by atoms with E-state index in [0.29, 0.717) is 11.4 Å². The largest absolute Gasteiger partial charge is 0.342 e. The van der Waals surface area contributed by atoms with Gasteiger partial charge in [-0.25, -0.2) is 14.7 Å². The third-order valence-electron chi connectivity index (χ3n) is 3.07. The zero-order chi connectivity index (χ0) is 11.0. The molecule has 1 N–H and O–H groups in total. The number of hydrogen-bond donors (Lipinski definition) is 1. The van der Waals surface area contributed by atoms with E-state index in [1.165, 1.54) is 12.1 Å². The standard InChI is InChI=1S/C12H13FN3/c13-9-3-4-10-11(6-9)16-12(15-10)8-2-1-5-14-7-8/h3-4,6,8H,1-2,5,7H2,(H,15,16). The molecule has 0 amide bonds. The lowest BCUT2D eigenvalue weighted by atomic mass is 9.99. The quantitative estimate of drug-likeness (QED) is 0.783. The van der Waals surface area contributed by atoms with E-state index in [4.69, 9.17) is 0 Å². The summed E-state index contributed by atoms with van der Waals surface area (Å²) >= 11 is 0. The predicted octanol–water partition coefficient (Wildman–Crippen LogP) is 2.18. The van der Waals surface area contributed by atoms with Crippen molar-refractivity contribution in [1.29, 1.82) is 0 Å². The highest BCUT2D eigenvalue weighted by atomic mass is 19.1. The van der Waals surface area contributed by atoms with Crippen LogP contribution < -0.4 is 5.32 Å². The summed E-state index contributed by atoms with van der Waals surface area (Å²) in [5.41, 5.74) is 1.61. The van der Waals surface area contributed by atoms with Gasteiger partial charge in [-0.05, 0) is 25.0 Å². The van der Waals surface area contributed by atoms with Crippen molar-refractivity contribution in [2.45, 2.75) is 18.8 Å². The highest BCUT2D eigenvalue weighted by molar-refractivity contribution is 5.75. The lowest BCUT2D eigenvalue weighted by Gasteiger charge is -2.18. The molecule has 3 nitrogen and oxygen atoms in total. The number of nitrogens with zero attached hydrogens (tertiary/aromatic N) is 2. The Morgan fingerprint density at radius 3 is 3.12 bits per heavy atom. The van der Waals surface area contributed by atoms with Gasteiger partial charge in [0.15, 0.2) is 0 Å². The molecule has 3 rings (SSSR count). The van der Waals surface area contributed by atoms with Gasteiger partial charge in [0, 0.05) is 25.1 Å². The average Bonchev–Trinajstić information content (AvgIpc) is 2.73. The van der Waals surface area contributed by atoms with Crippen LogP contribution in [0.2, 0.25) is 0 Å². The number of fused-ring (bicyclic) bond motifs is 1. The van der Waals surface area contributed by atoms with Crippen molar-refractivity contribution in [3.8, 4) is 0 Å². The molecule has 1 fully saturated rings. The number of rotatable bonds is 1. The molecular weight excluding hydrogens is 205 g/mol. The molecule has 0 bridgehead atoms. The van der Waals surface area contributed by atoms with E-state index < -0.39 is 0 Å². The summed E-state index contributed by atoms with van der Waals surface area (Å²) in [5.74, 6) is 1.09. The van der Waals surface area contributed by atoms with Crippen LogP contribution in [-0.4, -0.2) is 23.1 Å². The Morgan fingerprint density at radius 1 is 1.38 bits per heavy atom. The topological polar surface area (TPSA) is 42.8 Å². The van der Waals surface area contributed by atoms with E-state index in [1.807, 2.05) is 0 Å². The fourth-order valence-corrected chi connectivity index (χ4v) is 2.20. The molecule has 1 radical (unpaired) electrons. The molecule has 83 valence electrons. The molecule has 4 heteroatoms. The first kappa shape index (κ1) is 9.78. The predicted molar refractivity (Wildman–Crippen MR) is 59.9 cm³/mol. The van der Waals surface area contributed by atoms with Crippen LogP contribution in [0.15, 0.2) is 18.2 Å². The van der Waals surface area contributed by atoms with Gasteiger partial charge in [-0.1, -0.05) is 0 Å². The van der Waals surface area contributed by atoms with Gasteiger partial charge >= 0.3 is 0 Å². The van der Waals surface area contributed by atoms with Gasteiger partial charge in [-0.3, -0.25) is 0 Å². The second-order valence-corrected chi connectivity index (χ2v) is 4.25. The summed E-state index contributed by atoms with van der Waals surface area (Å²) in [6.45, 7) is 1.80. The van der Waals surface area contributed by atoms with Gasteiger partial charge in [0.1, 0.15) is 11.6 Å². The van der Waals surface area contributed by atoms with E-state index >= 15 is 0 Å². The number of aromatic nitrogens is 2. The number of hydrogen-bond acceptors (Lipinski definition) is 1.